The fourth-order valence-electron chi connectivity index (χ4n) is 12.8. The van der Waals surface area contributed by atoms with Crippen LogP contribution in [0, 0.1) is 20.8 Å². The van der Waals surface area contributed by atoms with Gasteiger partial charge in [-0.3, -0.25) is 4.98 Å². The van der Waals surface area contributed by atoms with Crippen molar-refractivity contribution in [1.29, 1.82) is 0 Å². The molecule has 368 valence electrons. The number of fused-ring (bicyclic) bond motifs is 9. The van der Waals surface area contributed by atoms with Crippen LogP contribution in [0.1, 0.15) is 17.0 Å². The van der Waals surface area contributed by atoms with E-state index in [4.69, 9.17) is 4.98 Å². The molecule has 0 N–H and O–H groups in total. The van der Waals surface area contributed by atoms with Crippen molar-refractivity contribution in [1.82, 2.24) is 18.7 Å². The lowest BCUT2D eigenvalue weighted by Crippen LogP contribution is -2.01. The molecule has 0 aliphatic carbocycles. The summed E-state index contributed by atoms with van der Waals surface area (Å²) in [7, 11) is 0. The number of para-hydroxylation sites is 4. The van der Waals surface area contributed by atoms with E-state index < -0.39 is 0 Å². The number of hydrogen-bond acceptors (Lipinski definition) is 1. The zero-order valence-electron chi connectivity index (χ0n) is 43.6. The average molecular weight is 997 g/mol. The molecule has 0 aliphatic rings. The van der Waals surface area contributed by atoms with Crippen LogP contribution < -0.4 is 0 Å². The third-order valence-corrected chi connectivity index (χ3v) is 16.3. The van der Waals surface area contributed by atoms with Gasteiger partial charge in [-0.25, -0.2) is 0 Å². The SMILES string of the molecule is Cc1nc(C)c(-c2ccc(-n3c4ccc(-c5ccccc5)cc4c4cc(-c5ccccc5)ccc43)cc2)c(C)c1-c1ccc(-c2cc(-n3c4ccccc4c4ccccc43)cc(-n3c4ccccc4c4ccccc43)c2)cc1. The van der Waals surface area contributed by atoms with Crippen molar-refractivity contribution in [3.63, 3.8) is 0 Å². The zero-order valence-corrected chi connectivity index (χ0v) is 43.6. The topological polar surface area (TPSA) is 27.7 Å². The summed E-state index contributed by atoms with van der Waals surface area (Å²) in [5.74, 6) is 0. The standard InChI is InChI=1S/C74H52N4/c1-47-73(48(2)75-49(3)74(47)54-34-38-58(39-35-54)76-71-40-36-55(50-18-6-4-7-19-50)44-65(71)66-45-56(37-41-72(66)76)51-20-8-5-9-21-51)53-32-30-52(31-33-53)57-42-59(77-67-26-14-10-22-61(67)62-23-11-15-27-68(62)77)46-60(43-57)78-69-28-16-12-24-63(69)64-25-13-17-29-70(64)78/h4-46H,1-3H3. The Balaban J connectivity index is 0.828. The van der Waals surface area contributed by atoms with Crippen LogP contribution in [0.5, 0.6) is 0 Å². The highest BCUT2D eigenvalue weighted by atomic mass is 15.0. The largest absolute Gasteiger partial charge is 0.309 e. The molecule has 4 aromatic heterocycles. The molecule has 0 fully saturated rings. The molecule has 11 aromatic carbocycles. The van der Waals surface area contributed by atoms with Crippen molar-refractivity contribution < 1.29 is 0 Å². The van der Waals surface area contributed by atoms with Gasteiger partial charge in [0, 0.05) is 71.9 Å². The minimum Gasteiger partial charge on any atom is -0.309 e. The molecular formula is C74H52N4. The molecule has 0 saturated heterocycles. The quantitative estimate of drug-likeness (QED) is 0.149. The van der Waals surface area contributed by atoms with E-state index in [0.29, 0.717) is 0 Å². The molecule has 4 nitrogen and oxygen atoms in total. The van der Waals surface area contributed by atoms with E-state index in [1.807, 2.05) is 0 Å². The molecule has 0 aliphatic heterocycles. The van der Waals surface area contributed by atoms with Gasteiger partial charge >= 0.3 is 0 Å². The van der Waals surface area contributed by atoms with E-state index in [9.17, 15) is 0 Å². The van der Waals surface area contributed by atoms with Crippen LogP contribution >= 0.6 is 0 Å². The zero-order chi connectivity index (χ0) is 52.0. The monoisotopic (exact) mass is 996 g/mol. The molecule has 0 saturated carbocycles. The summed E-state index contributed by atoms with van der Waals surface area (Å²) in [6.45, 7) is 6.57. The van der Waals surface area contributed by atoms with Crippen LogP contribution in [0.3, 0.4) is 0 Å². The maximum atomic E-state index is 5.26. The van der Waals surface area contributed by atoms with Crippen LogP contribution in [0.15, 0.2) is 261 Å². The highest BCUT2D eigenvalue weighted by molar-refractivity contribution is 6.13. The molecule has 0 unspecified atom stereocenters. The summed E-state index contributed by atoms with van der Waals surface area (Å²) < 4.78 is 7.29. The predicted octanol–water partition coefficient (Wildman–Crippen LogP) is 19.6. The van der Waals surface area contributed by atoms with Gasteiger partial charge in [0.05, 0.1) is 33.1 Å². The molecule has 0 atom stereocenters. The number of nitrogens with zero attached hydrogens (tertiary/aromatic N) is 4. The normalized spacial score (nSPS) is 11.8. The maximum absolute atomic E-state index is 5.26. The summed E-state index contributed by atoms with van der Waals surface area (Å²) in [5.41, 5.74) is 25.5. The molecule has 15 rings (SSSR count). The molecule has 0 amide bonds. The van der Waals surface area contributed by atoms with E-state index >= 15 is 0 Å². The van der Waals surface area contributed by atoms with Crippen molar-refractivity contribution >= 4 is 65.4 Å². The fourth-order valence-corrected chi connectivity index (χ4v) is 12.8. The Hall–Kier alpha value is -10.0. The fraction of sp³-hybridized carbons (Fsp3) is 0.0405. The number of aromatic nitrogens is 4. The second kappa shape index (κ2) is 18.1. The second-order valence-electron chi connectivity index (χ2n) is 20.8. The summed E-state index contributed by atoms with van der Waals surface area (Å²) in [5, 5.41) is 7.44. The lowest BCUT2D eigenvalue weighted by Gasteiger charge is -2.18. The Kier molecular flexibility index (Phi) is 10.5. The van der Waals surface area contributed by atoms with Gasteiger partial charge in [-0.2, -0.15) is 0 Å². The van der Waals surface area contributed by atoms with Crippen LogP contribution in [-0.2, 0) is 0 Å². The molecule has 4 heteroatoms. The third kappa shape index (κ3) is 7.25. The van der Waals surface area contributed by atoms with Crippen molar-refractivity contribution in [2.45, 2.75) is 20.8 Å². The molecule has 0 spiro atoms. The molecule has 0 radical (unpaired) electrons. The van der Waals surface area contributed by atoms with Gasteiger partial charge in [-0.1, -0.05) is 182 Å². The first-order chi connectivity index (χ1) is 38.4. The third-order valence-electron chi connectivity index (χ3n) is 16.3. The van der Waals surface area contributed by atoms with Crippen molar-refractivity contribution in [3.05, 3.63) is 278 Å². The molecular weight excluding hydrogens is 945 g/mol. The second-order valence-corrected chi connectivity index (χ2v) is 20.8. The smallest absolute Gasteiger partial charge is 0.0541 e. The van der Waals surface area contributed by atoms with Gasteiger partial charge in [0.25, 0.3) is 0 Å². The highest BCUT2D eigenvalue weighted by Crippen LogP contribution is 2.42. The van der Waals surface area contributed by atoms with Crippen molar-refractivity contribution in [2.24, 2.45) is 0 Å². The Labute approximate surface area is 453 Å². The van der Waals surface area contributed by atoms with Gasteiger partial charge in [-0.05, 0) is 150 Å². The van der Waals surface area contributed by atoms with Gasteiger partial charge in [-0.15, -0.1) is 0 Å². The number of aryl methyl sites for hydroxylation is 2. The van der Waals surface area contributed by atoms with Crippen LogP contribution in [0.4, 0.5) is 0 Å². The highest BCUT2D eigenvalue weighted by Gasteiger charge is 2.21. The number of benzene rings is 11. The van der Waals surface area contributed by atoms with Gasteiger partial charge in [0.15, 0.2) is 0 Å². The van der Waals surface area contributed by atoms with Gasteiger partial charge in [0.2, 0.25) is 0 Å². The lowest BCUT2D eigenvalue weighted by molar-refractivity contribution is 1.11. The Morgan fingerprint density at radius 2 is 0.551 bits per heavy atom. The van der Waals surface area contributed by atoms with E-state index in [2.05, 4.69) is 295 Å². The van der Waals surface area contributed by atoms with Crippen LogP contribution in [0.25, 0.3) is 138 Å². The van der Waals surface area contributed by atoms with E-state index in [-0.39, 0.29) is 0 Å². The molecule has 15 aromatic rings. The van der Waals surface area contributed by atoms with Gasteiger partial charge in [0.1, 0.15) is 0 Å². The first-order valence-corrected chi connectivity index (χ1v) is 26.9. The van der Waals surface area contributed by atoms with Gasteiger partial charge < -0.3 is 13.7 Å². The van der Waals surface area contributed by atoms with E-state index in [0.717, 1.165) is 50.7 Å². The molecule has 0 bridgehead atoms. The summed E-state index contributed by atoms with van der Waals surface area (Å²) in [6.07, 6.45) is 0. The number of rotatable bonds is 8. The summed E-state index contributed by atoms with van der Waals surface area (Å²) in [4.78, 5) is 5.26. The molecule has 78 heavy (non-hydrogen) atoms. The van der Waals surface area contributed by atoms with Crippen molar-refractivity contribution in [3.8, 4) is 72.7 Å². The first-order valence-electron chi connectivity index (χ1n) is 26.9. The summed E-state index contributed by atoms with van der Waals surface area (Å²) >= 11 is 0. The van der Waals surface area contributed by atoms with Crippen molar-refractivity contribution in [2.75, 3.05) is 0 Å². The van der Waals surface area contributed by atoms with Crippen LogP contribution in [-0.4, -0.2) is 18.7 Å². The van der Waals surface area contributed by atoms with E-state index in [1.54, 1.807) is 0 Å². The van der Waals surface area contributed by atoms with Crippen LogP contribution in [0.2, 0.25) is 0 Å². The predicted molar refractivity (Wildman–Crippen MR) is 329 cm³/mol. The minimum atomic E-state index is 1.02. The maximum Gasteiger partial charge on any atom is 0.0541 e. The lowest BCUT2D eigenvalue weighted by atomic mass is 9.90. The Bertz CT molecular complexity index is 4510. The number of pyridine rings is 1. The van der Waals surface area contributed by atoms with E-state index in [1.165, 1.54) is 104 Å². The number of hydrogen-bond donors (Lipinski definition) is 0. The minimum absolute atomic E-state index is 1.02. The summed E-state index contributed by atoms with van der Waals surface area (Å²) in [6, 6.07) is 95.6. The average Bonchev–Trinajstić information content (AvgIpc) is 4.31. The Morgan fingerprint density at radius 1 is 0.231 bits per heavy atom. The Morgan fingerprint density at radius 3 is 0.974 bits per heavy atom. The molecule has 4 heterocycles. The first kappa shape index (κ1) is 45.4.